The Kier molecular flexibility index (Phi) is 4.41. The summed E-state index contributed by atoms with van der Waals surface area (Å²) in [6.45, 7) is -0.596. The van der Waals surface area contributed by atoms with Crippen LogP contribution in [0, 0.1) is 0 Å². The van der Waals surface area contributed by atoms with Crippen molar-refractivity contribution in [3.8, 4) is 0 Å². The van der Waals surface area contributed by atoms with Crippen LogP contribution in [0.4, 0.5) is 4.79 Å². The van der Waals surface area contributed by atoms with E-state index in [0.717, 1.165) is 0 Å². The largest absolute Gasteiger partial charge is 0.505 e. The average molecular weight is 239 g/mol. The molecule has 0 aromatic rings. The highest BCUT2D eigenvalue weighted by Crippen LogP contribution is 2.23. The Labute approximate surface area is 89.9 Å². The summed E-state index contributed by atoms with van der Waals surface area (Å²) in [7, 11) is 0. The molecule has 9 nitrogen and oxygen atoms in total. The third kappa shape index (κ3) is 2.78. The second-order valence-corrected chi connectivity index (χ2v) is 3.23. The van der Waals surface area contributed by atoms with E-state index in [1.165, 1.54) is 0 Å². The van der Waals surface area contributed by atoms with Crippen molar-refractivity contribution in [1.29, 1.82) is 0 Å². The van der Waals surface area contributed by atoms with Gasteiger partial charge < -0.3 is 29.9 Å². The van der Waals surface area contributed by atoms with Crippen LogP contribution in [0.2, 0.25) is 0 Å². The predicted molar refractivity (Wildman–Crippen MR) is 45.9 cm³/mol. The molecule has 16 heavy (non-hydrogen) atoms. The molecule has 1 aliphatic heterocycles. The van der Waals surface area contributed by atoms with E-state index in [2.05, 4.69) is 9.57 Å². The average Bonchev–Trinajstić information content (AvgIpc) is 2.50. The minimum absolute atomic E-state index is 0.596. The first-order valence-electron chi connectivity index (χ1n) is 4.38. The Morgan fingerprint density at radius 1 is 1.50 bits per heavy atom. The van der Waals surface area contributed by atoms with Crippen LogP contribution in [0.1, 0.15) is 0 Å². The van der Waals surface area contributed by atoms with E-state index >= 15 is 0 Å². The van der Waals surface area contributed by atoms with Crippen LogP contribution < -0.4 is 5.90 Å². The lowest BCUT2D eigenvalue weighted by atomic mass is 10.1. The predicted octanol–water partition coefficient (Wildman–Crippen LogP) is -2.62. The highest BCUT2D eigenvalue weighted by Gasteiger charge is 2.47. The molecule has 0 spiro atoms. The van der Waals surface area contributed by atoms with Gasteiger partial charge in [0.15, 0.2) is 12.4 Å². The summed E-state index contributed by atoms with van der Waals surface area (Å²) in [5.74, 6) is 4.79. The quantitative estimate of drug-likeness (QED) is 0.262. The van der Waals surface area contributed by atoms with Gasteiger partial charge in [0.25, 0.3) is 0 Å². The molecule has 0 radical (unpaired) electrons. The number of rotatable bonds is 4. The lowest BCUT2D eigenvalue weighted by Crippen LogP contribution is -2.43. The number of carboxylic acid groups (broad SMARTS) is 1. The fourth-order valence-corrected chi connectivity index (χ4v) is 1.39. The molecule has 0 aliphatic carbocycles. The standard InChI is InChI=1S/C7H13NO8/c8-16-5-3(10)4(15-6(5)11)2(9)1-14-7(12)13/h2-6,9-11H,1,8H2,(H,12,13)/t2-,3-,4+,5-,6-/m0/s1. The van der Waals surface area contributed by atoms with Gasteiger partial charge in [-0.2, -0.15) is 0 Å². The molecule has 1 rings (SSSR count). The van der Waals surface area contributed by atoms with E-state index in [4.69, 9.17) is 15.7 Å². The lowest BCUT2D eigenvalue weighted by Gasteiger charge is -2.20. The number of carbonyl (C=O) groups is 1. The summed E-state index contributed by atoms with van der Waals surface area (Å²) in [5, 5.41) is 36.3. The zero-order chi connectivity index (χ0) is 12.3. The van der Waals surface area contributed by atoms with Crippen LogP contribution >= 0.6 is 0 Å². The molecule has 1 heterocycles. The summed E-state index contributed by atoms with van der Waals surface area (Å²) in [4.78, 5) is 14.3. The summed E-state index contributed by atoms with van der Waals surface area (Å²) >= 11 is 0. The fourth-order valence-electron chi connectivity index (χ4n) is 1.39. The Morgan fingerprint density at radius 2 is 2.12 bits per heavy atom. The molecule has 5 atom stereocenters. The zero-order valence-corrected chi connectivity index (χ0v) is 8.09. The minimum Gasteiger partial charge on any atom is -0.450 e. The first kappa shape index (κ1) is 13.1. The smallest absolute Gasteiger partial charge is 0.450 e. The summed E-state index contributed by atoms with van der Waals surface area (Å²) in [5.41, 5.74) is 0. The molecule has 0 aromatic carbocycles. The van der Waals surface area contributed by atoms with Gasteiger partial charge in [0, 0.05) is 0 Å². The van der Waals surface area contributed by atoms with E-state index in [-0.39, 0.29) is 0 Å². The highest BCUT2D eigenvalue weighted by molar-refractivity contribution is 5.56. The SMILES string of the molecule is NO[C@H]1[C@@H](O)[C@@H]([C@@H](O)COC(=O)O)O[C@@H]1O. The van der Waals surface area contributed by atoms with E-state index < -0.39 is 43.5 Å². The van der Waals surface area contributed by atoms with Crippen molar-refractivity contribution in [2.24, 2.45) is 5.90 Å². The molecule has 0 amide bonds. The Hall–Kier alpha value is -0.970. The van der Waals surface area contributed by atoms with Crippen LogP contribution in [-0.4, -0.2) is 63.9 Å². The van der Waals surface area contributed by atoms with Gasteiger partial charge in [0.1, 0.15) is 24.9 Å². The van der Waals surface area contributed by atoms with Gasteiger partial charge in [-0.15, -0.1) is 0 Å². The normalized spacial score (nSPS) is 36.0. The molecule has 1 fully saturated rings. The number of ether oxygens (including phenoxy) is 2. The topological polar surface area (TPSA) is 152 Å². The Bertz CT molecular complexity index is 249. The molecule has 0 unspecified atom stereocenters. The molecule has 1 aliphatic rings. The maximum Gasteiger partial charge on any atom is 0.505 e. The van der Waals surface area contributed by atoms with Gasteiger partial charge in [-0.05, 0) is 0 Å². The Balaban J connectivity index is 2.51. The van der Waals surface area contributed by atoms with Crippen LogP contribution in [-0.2, 0) is 14.3 Å². The number of aliphatic hydroxyl groups is 3. The first-order chi connectivity index (χ1) is 7.47. The van der Waals surface area contributed by atoms with E-state index in [0.29, 0.717) is 0 Å². The Morgan fingerprint density at radius 3 is 2.56 bits per heavy atom. The number of nitrogens with two attached hydrogens (primary N) is 1. The van der Waals surface area contributed by atoms with Crippen molar-refractivity contribution in [1.82, 2.24) is 0 Å². The maximum absolute atomic E-state index is 10.1. The molecule has 0 bridgehead atoms. The summed E-state index contributed by atoms with van der Waals surface area (Å²) < 4.78 is 8.84. The van der Waals surface area contributed by atoms with Crippen molar-refractivity contribution in [2.75, 3.05) is 6.61 Å². The van der Waals surface area contributed by atoms with E-state index in [1.807, 2.05) is 0 Å². The third-order valence-electron chi connectivity index (χ3n) is 2.16. The van der Waals surface area contributed by atoms with Crippen LogP contribution in [0.25, 0.3) is 0 Å². The van der Waals surface area contributed by atoms with E-state index in [9.17, 15) is 20.1 Å². The molecular formula is C7H13NO8. The molecule has 0 aromatic heterocycles. The lowest BCUT2D eigenvalue weighted by molar-refractivity contribution is -0.160. The first-order valence-corrected chi connectivity index (χ1v) is 4.38. The van der Waals surface area contributed by atoms with Gasteiger partial charge in [-0.1, -0.05) is 0 Å². The van der Waals surface area contributed by atoms with Gasteiger partial charge >= 0.3 is 6.16 Å². The summed E-state index contributed by atoms with van der Waals surface area (Å²) in [6.07, 6.45) is -8.32. The second kappa shape index (κ2) is 5.39. The minimum atomic E-state index is -1.57. The zero-order valence-electron chi connectivity index (χ0n) is 8.09. The molecule has 9 heteroatoms. The van der Waals surface area contributed by atoms with Crippen molar-refractivity contribution in [3.63, 3.8) is 0 Å². The molecule has 1 saturated heterocycles. The number of hydrogen-bond acceptors (Lipinski definition) is 8. The molecule has 6 N–H and O–H groups in total. The fraction of sp³-hybridized carbons (Fsp3) is 0.857. The number of aliphatic hydroxyl groups excluding tert-OH is 3. The molecule has 94 valence electrons. The maximum atomic E-state index is 10.1. The molecular weight excluding hydrogens is 226 g/mol. The van der Waals surface area contributed by atoms with Crippen LogP contribution in [0.3, 0.4) is 0 Å². The monoisotopic (exact) mass is 239 g/mol. The van der Waals surface area contributed by atoms with Crippen molar-refractivity contribution in [2.45, 2.75) is 30.7 Å². The van der Waals surface area contributed by atoms with Gasteiger partial charge in [0.2, 0.25) is 0 Å². The van der Waals surface area contributed by atoms with Gasteiger partial charge in [-0.3, -0.25) is 4.84 Å². The number of hydrogen-bond donors (Lipinski definition) is 5. The van der Waals surface area contributed by atoms with E-state index in [1.54, 1.807) is 0 Å². The third-order valence-corrected chi connectivity index (χ3v) is 2.16. The van der Waals surface area contributed by atoms with Crippen molar-refractivity contribution >= 4 is 6.16 Å². The second-order valence-electron chi connectivity index (χ2n) is 3.23. The summed E-state index contributed by atoms with van der Waals surface area (Å²) in [6, 6.07) is 0. The van der Waals surface area contributed by atoms with Gasteiger partial charge in [-0.25, -0.2) is 10.7 Å². The highest BCUT2D eigenvalue weighted by atomic mass is 16.7. The van der Waals surface area contributed by atoms with Crippen LogP contribution in [0.5, 0.6) is 0 Å². The van der Waals surface area contributed by atoms with Crippen molar-refractivity contribution < 1.29 is 39.5 Å². The molecule has 0 saturated carbocycles. The van der Waals surface area contributed by atoms with Gasteiger partial charge in [0.05, 0.1) is 0 Å². The van der Waals surface area contributed by atoms with Crippen molar-refractivity contribution in [3.05, 3.63) is 0 Å². The van der Waals surface area contributed by atoms with Crippen LogP contribution in [0.15, 0.2) is 0 Å².